The van der Waals surface area contributed by atoms with Gasteiger partial charge in [0.25, 0.3) is 0 Å². The number of hydrogen-bond donors (Lipinski definition) is 12. The maximum atomic E-state index is 13.0. The minimum atomic E-state index is -2.53. The van der Waals surface area contributed by atoms with E-state index in [2.05, 4.69) is 194 Å². The fourth-order valence-corrected chi connectivity index (χ4v) is 16.7. The number of alkyl halides is 2. The number of ether oxygens (including phenoxy) is 1. The lowest BCUT2D eigenvalue weighted by Gasteiger charge is -2.28. The number of benzene rings is 6. The Bertz CT molecular complexity index is 3450. The predicted molar refractivity (Wildman–Crippen MR) is 505 cm³/mol. The molecule has 0 unspecified atom stereocenters. The van der Waals surface area contributed by atoms with Gasteiger partial charge in [-0.1, -0.05) is 208 Å². The first-order valence-corrected chi connectivity index (χ1v) is 48.3. The Morgan fingerprint density at radius 2 is 0.600 bits per heavy atom. The van der Waals surface area contributed by atoms with Crippen LogP contribution in [0.15, 0.2) is 182 Å². The molecule has 6 aromatic rings. The Morgan fingerprint density at radius 3 is 0.920 bits per heavy atom. The average molecular weight is 1730 g/mol. The van der Waals surface area contributed by atoms with Crippen LogP contribution in [-0.2, 0) is 57.6 Å². The number of amides is 9. The molecule has 6 aliphatic rings. The highest BCUT2D eigenvalue weighted by Gasteiger charge is 2.35. The van der Waals surface area contributed by atoms with E-state index in [9.17, 15) is 42.7 Å². The first-order chi connectivity index (χ1) is 60.9. The van der Waals surface area contributed by atoms with Gasteiger partial charge >= 0.3 is 18.1 Å². The summed E-state index contributed by atoms with van der Waals surface area (Å²) in [5.74, 6) is -1.31. The van der Waals surface area contributed by atoms with Gasteiger partial charge in [-0.3, -0.25) is 14.4 Å². The normalized spacial score (nSPS) is 19.3. The third-order valence-corrected chi connectivity index (χ3v) is 24.6. The third kappa shape index (κ3) is 51.6. The highest BCUT2D eigenvalue weighted by Crippen LogP contribution is 2.33. The molecule has 9 amide bonds. The molecule has 4 aliphatic carbocycles. The summed E-state index contributed by atoms with van der Waals surface area (Å²) in [6.45, 7) is 8.12. The molecule has 6 fully saturated rings. The van der Waals surface area contributed by atoms with Gasteiger partial charge in [-0.15, -0.1) is 0 Å². The van der Waals surface area contributed by atoms with E-state index in [0.29, 0.717) is 62.3 Å². The van der Waals surface area contributed by atoms with Crippen LogP contribution in [0.3, 0.4) is 0 Å². The van der Waals surface area contributed by atoms with E-state index in [1.165, 1.54) is 46.2 Å². The number of aryl methyl sites for hydroxylation is 6. The highest BCUT2D eigenvalue weighted by molar-refractivity contribution is 5.77. The number of carbonyl (C=O) groups is 6. The van der Waals surface area contributed by atoms with Gasteiger partial charge in [0.1, 0.15) is 0 Å². The van der Waals surface area contributed by atoms with Crippen molar-refractivity contribution in [1.82, 2.24) is 53.2 Å². The fourth-order valence-electron chi connectivity index (χ4n) is 16.7. The molecule has 0 radical (unpaired) electrons. The summed E-state index contributed by atoms with van der Waals surface area (Å²) in [4.78, 5) is 70.7. The quantitative estimate of drug-likeness (QED) is 0.0162. The standard InChI is InChI=1S/C18H25F2NO.C18H28N2O.C18H27NO2.C17H27N3O.C17H25NO2.C16H25N3O/c19-18(20)13-11-16(12-14-18)21-17(22)10-6-2-5-9-15-7-3-1-4-8-15;1-15-10-12-17(13-11-15)20-18(21)19-14-6-5-9-16-7-3-2-4-8-16;20-17-13-11-16(12-14-17)19-18(21)10-6-2-5-9-15-7-3-1-4-8-15;18-15-9-11-16(12-10-15)20-17(21)19-13-5-4-8-14-6-2-1-3-7-14;19-17(18-16-11-13-20-14-12-16)10-6-2-5-9-15-7-3-1-4-8-15;20-16(19-15-9-12-17-13-10-15)18-11-5-4-8-14-6-2-1-3-7-14/h1,3-4,7-8,16H,2,5-6,9-14H2,(H,21,22);2-4,7-8,15,17H,5-6,9-14H2,1H3,(H2,19,20,21);1,3-4,7-8,16-17,20H,2,5-6,9-14H2,(H,19,21);1-3,6-7,15-16H,4-5,8-13,18H2,(H2,19,20,21);1,3-4,7-8,16H,2,5-6,9-14H2,(H,18,19);1-3,6-7,15,17H,4-5,8-13H2,(H2,18,19,20). The van der Waals surface area contributed by atoms with E-state index < -0.39 is 5.92 Å². The number of aliphatic hydroxyl groups is 1. The number of nitrogens with one attached hydrogen (secondary N) is 10. The second kappa shape index (κ2) is 64.9. The first-order valence-electron chi connectivity index (χ1n) is 48.3. The lowest BCUT2D eigenvalue weighted by molar-refractivity contribution is -0.123. The van der Waals surface area contributed by atoms with Crippen LogP contribution in [0.4, 0.5) is 23.2 Å². The van der Waals surface area contributed by atoms with Crippen molar-refractivity contribution in [3.05, 3.63) is 215 Å². The van der Waals surface area contributed by atoms with Crippen molar-refractivity contribution in [3.63, 3.8) is 0 Å². The number of piperidine rings is 1. The molecule has 21 heteroatoms. The van der Waals surface area contributed by atoms with Gasteiger partial charge in [0.15, 0.2) is 0 Å². The summed E-state index contributed by atoms with van der Waals surface area (Å²) in [5, 5.41) is 39.9. The number of aliphatic hydroxyl groups excluding tert-OH is 1. The van der Waals surface area contributed by atoms with Crippen LogP contribution in [0.25, 0.3) is 0 Å². The summed E-state index contributed by atoms with van der Waals surface area (Å²) in [5.41, 5.74) is 14.1. The van der Waals surface area contributed by atoms with Gasteiger partial charge in [0, 0.05) is 107 Å². The summed E-state index contributed by atoms with van der Waals surface area (Å²) >= 11 is 0. The van der Waals surface area contributed by atoms with Gasteiger partial charge in [-0.2, -0.15) is 0 Å². The van der Waals surface area contributed by atoms with Crippen LogP contribution in [0, 0.1) is 5.92 Å². The van der Waals surface area contributed by atoms with Crippen LogP contribution in [-0.4, -0.2) is 141 Å². The van der Waals surface area contributed by atoms with Crippen molar-refractivity contribution >= 4 is 35.8 Å². The number of rotatable bonds is 39. The zero-order chi connectivity index (χ0) is 88.7. The number of unbranched alkanes of at least 4 members (excludes halogenated alkanes) is 9. The van der Waals surface area contributed by atoms with Crippen molar-refractivity contribution in [3.8, 4) is 0 Å². The van der Waals surface area contributed by atoms with Crippen molar-refractivity contribution in [1.29, 1.82) is 0 Å². The van der Waals surface area contributed by atoms with Crippen molar-refractivity contribution in [2.75, 3.05) is 45.9 Å². The molecule has 2 saturated heterocycles. The minimum absolute atomic E-state index is 0.00858. The van der Waals surface area contributed by atoms with Crippen molar-refractivity contribution in [2.45, 2.75) is 344 Å². The predicted octanol–water partition coefficient (Wildman–Crippen LogP) is 19.3. The summed E-state index contributed by atoms with van der Waals surface area (Å²) in [6.07, 6.45) is 40.8. The Labute approximate surface area is 749 Å². The molecular formula is C104H157F2N11O8. The molecule has 0 aromatic heterocycles. The SMILES string of the molecule is CC1CCC(NC(=O)NCCCCc2ccccc2)CC1.NC1CCC(NC(=O)NCCCCc2ccccc2)CC1.O=C(CCCCCc1ccccc1)NC1CCC(F)(F)CC1.O=C(CCCCCc1ccccc1)NC1CCC(O)CC1.O=C(CCCCCc1ccccc1)NC1CCOCC1.O=C(NCCCCc1ccccc1)NC1CCNCC1. The van der Waals surface area contributed by atoms with E-state index >= 15 is 0 Å². The molecule has 2 aliphatic heterocycles. The van der Waals surface area contributed by atoms with Crippen LogP contribution in [0.1, 0.15) is 284 Å². The van der Waals surface area contributed by atoms with Gasteiger partial charge in [-0.25, -0.2) is 23.2 Å². The van der Waals surface area contributed by atoms with Crippen LogP contribution in [0.2, 0.25) is 0 Å². The smallest absolute Gasteiger partial charge is 0.315 e. The molecule has 19 nitrogen and oxygen atoms in total. The molecule has 13 N–H and O–H groups in total. The van der Waals surface area contributed by atoms with E-state index in [1.807, 2.05) is 48.5 Å². The van der Waals surface area contributed by atoms with E-state index in [4.69, 9.17) is 10.5 Å². The number of urea groups is 3. The molecule has 125 heavy (non-hydrogen) atoms. The Kier molecular flexibility index (Phi) is 53.6. The molecule has 0 atom stereocenters. The second-order valence-electron chi connectivity index (χ2n) is 35.5. The molecule has 2 heterocycles. The number of nitrogens with two attached hydrogens (primary N) is 1. The van der Waals surface area contributed by atoms with Crippen molar-refractivity contribution in [2.24, 2.45) is 11.7 Å². The maximum absolute atomic E-state index is 13.0. The first kappa shape index (κ1) is 103. The van der Waals surface area contributed by atoms with Gasteiger partial charge in [0.2, 0.25) is 23.6 Å². The Balaban J connectivity index is 0.000000206. The highest BCUT2D eigenvalue weighted by atomic mass is 19.3. The molecule has 6 aromatic carbocycles. The zero-order valence-electron chi connectivity index (χ0n) is 75.7. The van der Waals surface area contributed by atoms with Crippen LogP contribution >= 0.6 is 0 Å². The van der Waals surface area contributed by atoms with E-state index in [-0.39, 0.29) is 66.8 Å². The molecule has 0 bridgehead atoms. The van der Waals surface area contributed by atoms with Crippen LogP contribution < -0.4 is 58.9 Å². The molecule has 12 rings (SSSR count). The van der Waals surface area contributed by atoms with E-state index in [1.54, 1.807) is 0 Å². The molecule has 690 valence electrons. The van der Waals surface area contributed by atoms with E-state index in [0.717, 1.165) is 277 Å². The third-order valence-electron chi connectivity index (χ3n) is 24.6. The molecular weight excluding hydrogens is 1570 g/mol. The second-order valence-corrected chi connectivity index (χ2v) is 35.5. The molecule has 0 spiro atoms. The molecule has 4 saturated carbocycles. The Morgan fingerprint density at radius 1 is 0.336 bits per heavy atom. The van der Waals surface area contributed by atoms with Gasteiger partial charge in [0.05, 0.1) is 6.10 Å². The Hall–Kier alpha value is -8.76. The summed E-state index contributed by atoms with van der Waals surface area (Å²) in [7, 11) is 0. The lowest BCUT2D eigenvalue weighted by Crippen LogP contribution is -2.46. The lowest BCUT2D eigenvalue weighted by atomic mass is 9.87. The van der Waals surface area contributed by atoms with Crippen LogP contribution in [0.5, 0.6) is 0 Å². The van der Waals surface area contributed by atoms with Gasteiger partial charge in [-0.05, 0) is 284 Å². The zero-order valence-corrected chi connectivity index (χ0v) is 75.7. The topological polar surface area (TPSA) is 278 Å². The van der Waals surface area contributed by atoms with Gasteiger partial charge < -0.3 is 68.7 Å². The van der Waals surface area contributed by atoms with Crippen molar-refractivity contribution < 1.29 is 47.4 Å². The summed E-state index contributed by atoms with van der Waals surface area (Å²) < 4.78 is 31.3. The monoisotopic (exact) mass is 1730 g/mol. The number of hydrogen-bond acceptors (Lipinski definition) is 10. The maximum Gasteiger partial charge on any atom is 0.315 e. The largest absolute Gasteiger partial charge is 0.393 e. The average Bonchev–Trinajstić information content (AvgIpc) is 0.868. The minimum Gasteiger partial charge on any atom is -0.393 e. The summed E-state index contributed by atoms with van der Waals surface area (Å²) in [6, 6.07) is 64.7. The fraction of sp³-hybridized carbons (Fsp3) is 0.596. The number of carbonyl (C=O) groups excluding carboxylic acids is 6. The number of halogens is 2.